The summed E-state index contributed by atoms with van der Waals surface area (Å²) >= 11 is 4.99. The molecular formula is C12H10F2N2S. The van der Waals surface area contributed by atoms with Crippen LogP contribution in [0.3, 0.4) is 0 Å². The topological polar surface area (TPSA) is 28.7 Å². The van der Waals surface area contributed by atoms with Gasteiger partial charge in [-0.25, -0.2) is 13.8 Å². The number of aromatic amines is 1. The van der Waals surface area contributed by atoms with Crippen LogP contribution >= 0.6 is 12.2 Å². The normalized spacial score (nSPS) is 10.5. The van der Waals surface area contributed by atoms with Gasteiger partial charge in [0, 0.05) is 18.1 Å². The number of aromatic nitrogens is 2. The Kier molecular flexibility index (Phi) is 3.28. The number of hydrogen-bond donors (Lipinski definition) is 1. The predicted octanol–water partition coefficient (Wildman–Crippen LogP) is 3.65. The lowest BCUT2D eigenvalue weighted by molar-refractivity contribution is 0.585. The molecule has 0 radical (unpaired) electrons. The molecule has 0 spiro atoms. The third-order valence-corrected chi connectivity index (χ3v) is 2.56. The lowest BCUT2D eigenvalue weighted by Crippen LogP contribution is -1.97. The highest BCUT2D eigenvalue weighted by molar-refractivity contribution is 7.71. The fraction of sp³-hybridized carbons (Fsp3) is 0.167. The first-order valence-corrected chi connectivity index (χ1v) is 5.56. The zero-order valence-electron chi connectivity index (χ0n) is 9.13. The van der Waals surface area contributed by atoms with Crippen molar-refractivity contribution >= 4 is 12.2 Å². The zero-order chi connectivity index (χ0) is 12.4. The summed E-state index contributed by atoms with van der Waals surface area (Å²) in [6.45, 7) is 1.92. The molecule has 0 amide bonds. The molecule has 88 valence electrons. The van der Waals surface area contributed by atoms with Gasteiger partial charge in [0.15, 0.2) is 0 Å². The summed E-state index contributed by atoms with van der Waals surface area (Å²) in [6.07, 6.45) is 0.667. The largest absolute Gasteiger partial charge is 0.343 e. The van der Waals surface area contributed by atoms with Crippen LogP contribution in [-0.4, -0.2) is 9.97 Å². The van der Waals surface area contributed by atoms with Crippen molar-refractivity contribution in [2.75, 3.05) is 0 Å². The quantitative estimate of drug-likeness (QED) is 0.826. The molecule has 0 bridgehead atoms. The van der Waals surface area contributed by atoms with E-state index >= 15 is 0 Å². The van der Waals surface area contributed by atoms with Crippen molar-refractivity contribution in [3.05, 3.63) is 46.4 Å². The molecule has 0 aliphatic heterocycles. The molecule has 0 aliphatic carbocycles. The third-order valence-electron chi connectivity index (χ3n) is 2.35. The Balaban J connectivity index is 2.60. The molecule has 17 heavy (non-hydrogen) atoms. The molecule has 1 N–H and O–H groups in total. The second-order valence-electron chi connectivity index (χ2n) is 3.56. The molecule has 2 rings (SSSR count). The average Bonchev–Trinajstić information content (AvgIpc) is 2.28. The summed E-state index contributed by atoms with van der Waals surface area (Å²) in [6, 6.07) is 5.00. The van der Waals surface area contributed by atoms with E-state index in [4.69, 9.17) is 12.2 Å². The van der Waals surface area contributed by atoms with Crippen LogP contribution in [-0.2, 0) is 6.42 Å². The lowest BCUT2D eigenvalue weighted by Gasteiger charge is -2.06. The van der Waals surface area contributed by atoms with Crippen LogP contribution in [0, 0.1) is 16.3 Å². The van der Waals surface area contributed by atoms with Crippen molar-refractivity contribution in [2.45, 2.75) is 13.3 Å². The van der Waals surface area contributed by atoms with Crippen molar-refractivity contribution in [1.29, 1.82) is 0 Å². The highest BCUT2D eigenvalue weighted by atomic mass is 32.1. The fourth-order valence-electron chi connectivity index (χ4n) is 1.53. The molecule has 1 aromatic heterocycles. The van der Waals surface area contributed by atoms with Crippen LogP contribution in [0.15, 0.2) is 24.3 Å². The molecule has 0 unspecified atom stereocenters. The Morgan fingerprint density at radius 2 is 2.06 bits per heavy atom. The molecule has 1 heterocycles. The number of halogens is 2. The van der Waals surface area contributed by atoms with E-state index < -0.39 is 11.6 Å². The van der Waals surface area contributed by atoms with Gasteiger partial charge in [-0.15, -0.1) is 0 Å². The Morgan fingerprint density at radius 3 is 2.71 bits per heavy atom. The SMILES string of the molecule is CCc1nc(=S)cc(-c2ccc(F)cc2F)[nH]1. The molecule has 0 saturated heterocycles. The van der Waals surface area contributed by atoms with Crippen LogP contribution in [0.25, 0.3) is 11.3 Å². The van der Waals surface area contributed by atoms with E-state index in [-0.39, 0.29) is 5.56 Å². The van der Waals surface area contributed by atoms with Gasteiger partial charge in [-0.3, -0.25) is 0 Å². The van der Waals surface area contributed by atoms with E-state index in [9.17, 15) is 8.78 Å². The first-order chi connectivity index (χ1) is 8.10. The number of nitrogens with zero attached hydrogens (tertiary/aromatic N) is 1. The van der Waals surface area contributed by atoms with E-state index in [0.717, 1.165) is 6.07 Å². The summed E-state index contributed by atoms with van der Waals surface area (Å²) in [4.78, 5) is 7.06. The maximum absolute atomic E-state index is 13.6. The number of H-pyrrole nitrogens is 1. The lowest BCUT2D eigenvalue weighted by atomic mass is 10.1. The van der Waals surface area contributed by atoms with Gasteiger partial charge in [0.1, 0.15) is 22.1 Å². The number of nitrogens with one attached hydrogen (secondary N) is 1. The standard InChI is InChI=1S/C12H10F2N2S/c1-2-11-15-10(6-12(17)16-11)8-4-3-7(13)5-9(8)14/h3-6H,2H2,1H3,(H,15,16,17). The second kappa shape index (κ2) is 4.71. The van der Waals surface area contributed by atoms with E-state index in [2.05, 4.69) is 9.97 Å². The van der Waals surface area contributed by atoms with Crippen molar-refractivity contribution in [3.8, 4) is 11.3 Å². The molecule has 5 heteroatoms. The van der Waals surface area contributed by atoms with Gasteiger partial charge in [-0.2, -0.15) is 0 Å². The number of benzene rings is 1. The highest BCUT2D eigenvalue weighted by Crippen LogP contribution is 2.21. The smallest absolute Gasteiger partial charge is 0.135 e. The first-order valence-electron chi connectivity index (χ1n) is 5.16. The van der Waals surface area contributed by atoms with Gasteiger partial charge in [-0.05, 0) is 18.2 Å². The van der Waals surface area contributed by atoms with Crippen molar-refractivity contribution in [3.63, 3.8) is 0 Å². The van der Waals surface area contributed by atoms with Gasteiger partial charge >= 0.3 is 0 Å². The Morgan fingerprint density at radius 1 is 1.29 bits per heavy atom. The molecule has 0 fully saturated rings. The summed E-state index contributed by atoms with van der Waals surface area (Å²) in [7, 11) is 0. The maximum atomic E-state index is 13.6. The monoisotopic (exact) mass is 252 g/mol. The summed E-state index contributed by atoms with van der Waals surface area (Å²) in [5.74, 6) is -0.547. The summed E-state index contributed by atoms with van der Waals surface area (Å²) in [5.41, 5.74) is 0.800. The first kappa shape index (κ1) is 11.9. The van der Waals surface area contributed by atoms with Crippen LogP contribution in [0.4, 0.5) is 8.78 Å². The molecular weight excluding hydrogens is 242 g/mol. The second-order valence-corrected chi connectivity index (χ2v) is 3.98. The van der Waals surface area contributed by atoms with Gasteiger partial charge in [0.2, 0.25) is 0 Å². The minimum absolute atomic E-state index is 0.287. The Hall–Kier alpha value is -1.62. The van der Waals surface area contributed by atoms with E-state index in [1.54, 1.807) is 6.07 Å². The summed E-state index contributed by atoms with van der Waals surface area (Å²) < 4.78 is 26.8. The van der Waals surface area contributed by atoms with E-state index in [1.165, 1.54) is 12.1 Å². The van der Waals surface area contributed by atoms with Crippen molar-refractivity contribution in [2.24, 2.45) is 0 Å². The molecule has 0 atom stereocenters. The number of aryl methyl sites for hydroxylation is 1. The Labute approximate surface area is 102 Å². The van der Waals surface area contributed by atoms with E-state index in [1.807, 2.05) is 6.92 Å². The highest BCUT2D eigenvalue weighted by Gasteiger charge is 2.08. The van der Waals surface area contributed by atoms with Crippen LogP contribution in [0.1, 0.15) is 12.7 Å². The van der Waals surface area contributed by atoms with Crippen LogP contribution in [0.5, 0.6) is 0 Å². The minimum atomic E-state index is -0.621. The maximum Gasteiger partial charge on any atom is 0.135 e. The van der Waals surface area contributed by atoms with Gasteiger partial charge in [0.25, 0.3) is 0 Å². The summed E-state index contributed by atoms with van der Waals surface area (Å²) in [5, 5.41) is 0. The predicted molar refractivity (Wildman–Crippen MR) is 64.2 cm³/mol. The number of rotatable bonds is 2. The van der Waals surface area contributed by atoms with Gasteiger partial charge in [0.05, 0.1) is 5.69 Å². The van der Waals surface area contributed by atoms with E-state index in [0.29, 0.717) is 22.6 Å². The molecule has 1 aromatic carbocycles. The Bertz CT molecular complexity index is 608. The number of hydrogen-bond acceptors (Lipinski definition) is 2. The van der Waals surface area contributed by atoms with Gasteiger partial charge in [-0.1, -0.05) is 19.1 Å². The van der Waals surface area contributed by atoms with Crippen LogP contribution in [0.2, 0.25) is 0 Å². The van der Waals surface area contributed by atoms with Crippen LogP contribution < -0.4 is 0 Å². The molecule has 0 aliphatic rings. The minimum Gasteiger partial charge on any atom is -0.343 e. The van der Waals surface area contributed by atoms with Crippen molar-refractivity contribution in [1.82, 2.24) is 9.97 Å². The molecule has 2 nitrogen and oxygen atoms in total. The molecule has 0 saturated carbocycles. The third kappa shape index (κ3) is 2.55. The molecule has 2 aromatic rings. The fourth-order valence-corrected chi connectivity index (χ4v) is 1.76. The van der Waals surface area contributed by atoms with Gasteiger partial charge < -0.3 is 4.98 Å². The zero-order valence-corrected chi connectivity index (χ0v) is 9.94. The van der Waals surface area contributed by atoms with Crippen molar-refractivity contribution < 1.29 is 8.78 Å². The average molecular weight is 252 g/mol.